The van der Waals surface area contributed by atoms with Gasteiger partial charge in [0.25, 0.3) is 0 Å². The zero-order valence-electron chi connectivity index (χ0n) is 10.7. The molecule has 2 rings (SSSR count). The molecule has 0 aliphatic carbocycles. The van der Waals surface area contributed by atoms with Crippen molar-refractivity contribution in [3.63, 3.8) is 0 Å². The second-order valence-electron chi connectivity index (χ2n) is 4.21. The van der Waals surface area contributed by atoms with Crippen LogP contribution in [0.3, 0.4) is 0 Å². The number of carbonyl (C=O) groups is 1. The van der Waals surface area contributed by atoms with Crippen molar-refractivity contribution < 1.29 is 4.79 Å². The van der Waals surface area contributed by atoms with Gasteiger partial charge in [-0.25, -0.2) is 0 Å². The van der Waals surface area contributed by atoms with E-state index >= 15 is 0 Å². The first-order valence-corrected chi connectivity index (χ1v) is 6.91. The molecule has 0 aliphatic rings. The minimum absolute atomic E-state index is 0.563. The molecule has 0 radical (unpaired) electrons. The summed E-state index contributed by atoms with van der Waals surface area (Å²) in [5.41, 5.74) is 1.79. The molecule has 0 atom stereocenters. The van der Waals surface area contributed by atoms with Gasteiger partial charge in [-0.15, -0.1) is 0 Å². The van der Waals surface area contributed by atoms with Gasteiger partial charge in [0.2, 0.25) is 6.41 Å². The Balaban J connectivity index is 1.89. The smallest absolute Gasteiger partial charge is 0.214 e. The summed E-state index contributed by atoms with van der Waals surface area (Å²) in [6.07, 6.45) is 0.812. The van der Waals surface area contributed by atoms with Crippen molar-refractivity contribution in [2.45, 2.75) is 0 Å². The number of anilines is 2. The molecular weight excluding hydrogens is 295 g/mol. The van der Waals surface area contributed by atoms with Crippen LogP contribution >= 0.6 is 23.2 Å². The van der Waals surface area contributed by atoms with Crippen LogP contribution in [-0.4, -0.2) is 19.5 Å². The lowest BCUT2D eigenvalue weighted by atomic mass is 10.3. The Hall–Kier alpha value is -1.71. The summed E-state index contributed by atoms with van der Waals surface area (Å²) in [6, 6.07) is 14.6. The lowest BCUT2D eigenvalue weighted by Gasteiger charge is -2.18. The second kappa shape index (κ2) is 7.17. The highest BCUT2D eigenvalue weighted by Crippen LogP contribution is 2.17. The molecule has 104 valence electrons. The van der Waals surface area contributed by atoms with Crippen molar-refractivity contribution in [2.24, 2.45) is 0 Å². The lowest BCUT2D eigenvalue weighted by molar-refractivity contribution is -0.107. The average Bonchev–Trinajstić information content (AvgIpc) is 2.47. The summed E-state index contributed by atoms with van der Waals surface area (Å²) in [4.78, 5) is 12.7. The Morgan fingerprint density at radius 1 is 0.950 bits per heavy atom. The van der Waals surface area contributed by atoms with Crippen LogP contribution in [0.1, 0.15) is 0 Å². The van der Waals surface area contributed by atoms with Crippen molar-refractivity contribution in [1.82, 2.24) is 0 Å². The highest BCUT2D eigenvalue weighted by molar-refractivity contribution is 6.30. The highest BCUT2D eigenvalue weighted by atomic mass is 35.5. The van der Waals surface area contributed by atoms with E-state index < -0.39 is 0 Å². The molecular formula is C15H14Cl2N2O. The van der Waals surface area contributed by atoms with Gasteiger partial charge in [0.05, 0.1) is 0 Å². The van der Waals surface area contributed by atoms with Crippen molar-refractivity contribution in [3.8, 4) is 0 Å². The topological polar surface area (TPSA) is 32.3 Å². The van der Waals surface area contributed by atoms with Crippen molar-refractivity contribution >= 4 is 41.0 Å². The van der Waals surface area contributed by atoms with Crippen LogP contribution in [-0.2, 0) is 4.79 Å². The minimum atomic E-state index is 0.563. The molecule has 5 heteroatoms. The zero-order valence-corrected chi connectivity index (χ0v) is 12.2. The molecule has 0 saturated heterocycles. The van der Waals surface area contributed by atoms with E-state index in [-0.39, 0.29) is 0 Å². The van der Waals surface area contributed by atoms with Crippen LogP contribution in [0.2, 0.25) is 10.0 Å². The van der Waals surface area contributed by atoms with Crippen molar-refractivity contribution in [1.29, 1.82) is 0 Å². The Morgan fingerprint density at radius 3 is 2.05 bits per heavy atom. The number of rotatable bonds is 6. The number of hydrogen-bond acceptors (Lipinski definition) is 2. The van der Waals surface area contributed by atoms with Crippen LogP contribution in [0.15, 0.2) is 48.5 Å². The number of carbonyl (C=O) groups excluding carboxylic acids is 1. The molecule has 0 unspecified atom stereocenters. The molecule has 0 fully saturated rings. The van der Waals surface area contributed by atoms with E-state index in [4.69, 9.17) is 23.2 Å². The fraction of sp³-hybridized carbons (Fsp3) is 0.133. The van der Waals surface area contributed by atoms with Crippen LogP contribution in [0, 0.1) is 0 Å². The number of halogens is 2. The van der Waals surface area contributed by atoms with Gasteiger partial charge in [0.1, 0.15) is 0 Å². The van der Waals surface area contributed by atoms with E-state index in [0.717, 1.165) is 17.8 Å². The number of nitrogens with zero attached hydrogens (tertiary/aromatic N) is 1. The zero-order chi connectivity index (χ0) is 14.4. The first-order chi connectivity index (χ1) is 9.69. The van der Waals surface area contributed by atoms with Crippen LogP contribution in [0.4, 0.5) is 11.4 Å². The first kappa shape index (κ1) is 14.7. The molecule has 0 heterocycles. The number of benzene rings is 2. The van der Waals surface area contributed by atoms with Crippen molar-refractivity contribution in [3.05, 3.63) is 58.6 Å². The SMILES string of the molecule is O=CN(CCNc1ccc(Cl)cc1)c1ccc(Cl)cc1. The largest absolute Gasteiger partial charge is 0.383 e. The summed E-state index contributed by atoms with van der Waals surface area (Å²) < 4.78 is 0. The van der Waals surface area contributed by atoms with Gasteiger partial charge in [-0.2, -0.15) is 0 Å². The van der Waals surface area contributed by atoms with Gasteiger partial charge in [-0.05, 0) is 48.5 Å². The van der Waals surface area contributed by atoms with E-state index in [1.54, 1.807) is 17.0 Å². The van der Waals surface area contributed by atoms with Gasteiger partial charge in [0, 0.05) is 34.5 Å². The third kappa shape index (κ3) is 4.15. The maximum absolute atomic E-state index is 11.1. The normalized spacial score (nSPS) is 10.1. The molecule has 1 amide bonds. The van der Waals surface area contributed by atoms with Gasteiger partial charge in [-0.1, -0.05) is 23.2 Å². The molecule has 2 aromatic carbocycles. The second-order valence-corrected chi connectivity index (χ2v) is 5.08. The molecule has 1 N–H and O–H groups in total. The van der Waals surface area contributed by atoms with E-state index in [9.17, 15) is 4.79 Å². The maximum atomic E-state index is 11.1. The van der Waals surface area contributed by atoms with Gasteiger partial charge in [-0.3, -0.25) is 4.79 Å². The molecule has 0 saturated carbocycles. The summed E-state index contributed by atoms with van der Waals surface area (Å²) in [6.45, 7) is 1.21. The minimum Gasteiger partial charge on any atom is -0.383 e. The Labute approximate surface area is 128 Å². The lowest BCUT2D eigenvalue weighted by Crippen LogP contribution is -2.27. The Kier molecular flexibility index (Phi) is 5.27. The summed E-state index contributed by atoms with van der Waals surface area (Å²) in [7, 11) is 0. The summed E-state index contributed by atoms with van der Waals surface area (Å²) in [5, 5.41) is 4.58. The highest BCUT2D eigenvalue weighted by Gasteiger charge is 2.04. The Morgan fingerprint density at radius 2 is 1.50 bits per heavy atom. The van der Waals surface area contributed by atoms with Crippen LogP contribution in [0.25, 0.3) is 0 Å². The molecule has 20 heavy (non-hydrogen) atoms. The molecule has 2 aromatic rings. The predicted octanol–water partition coefficient (Wildman–Crippen LogP) is 4.07. The molecule has 0 aliphatic heterocycles. The van der Waals surface area contributed by atoms with Crippen LogP contribution in [0.5, 0.6) is 0 Å². The molecule has 0 bridgehead atoms. The standard InChI is InChI=1S/C15H14Cl2N2O/c16-12-1-5-14(6-2-12)18-9-10-19(11-20)15-7-3-13(17)4-8-15/h1-8,11,18H,9-10H2. The Bertz CT molecular complexity index is 555. The van der Waals surface area contributed by atoms with Gasteiger partial charge in [0.15, 0.2) is 0 Å². The summed E-state index contributed by atoms with van der Waals surface area (Å²) in [5.74, 6) is 0. The molecule has 0 spiro atoms. The van der Waals surface area contributed by atoms with E-state index in [1.807, 2.05) is 36.4 Å². The van der Waals surface area contributed by atoms with E-state index in [1.165, 1.54) is 0 Å². The number of hydrogen-bond donors (Lipinski definition) is 1. The number of amides is 1. The van der Waals surface area contributed by atoms with E-state index in [2.05, 4.69) is 5.32 Å². The first-order valence-electron chi connectivity index (χ1n) is 6.16. The third-order valence-electron chi connectivity index (χ3n) is 2.81. The van der Waals surface area contributed by atoms with Gasteiger partial charge < -0.3 is 10.2 Å². The number of nitrogens with one attached hydrogen (secondary N) is 1. The molecule has 3 nitrogen and oxygen atoms in total. The third-order valence-corrected chi connectivity index (χ3v) is 3.32. The monoisotopic (exact) mass is 308 g/mol. The predicted molar refractivity (Wildman–Crippen MR) is 84.8 cm³/mol. The summed E-state index contributed by atoms with van der Waals surface area (Å²) >= 11 is 11.6. The van der Waals surface area contributed by atoms with Crippen LogP contribution < -0.4 is 10.2 Å². The average molecular weight is 309 g/mol. The van der Waals surface area contributed by atoms with Gasteiger partial charge >= 0.3 is 0 Å². The van der Waals surface area contributed by atoms with E-state index in [0.29, 0.717) is 23.1 Å². The fourth-order valence-corrected chi connectivity index (χ4v) is 2.02. The van der Waals surface area contributed by atoms with Crippen molar-refractivity contribution in [2.75, 3.05) is 23.3 Å². The molecule has 0 aromatic heterocycles. The maximum Gasteiger partial charge on any atom is 0.214 e. The fourth-order valence-electron chi connectivity index (χ4n) is 1.76. The quantitative estimate of drug-likeness (QED) is 0.816.